The van der Waals surface area contributed by atoms with E-state index in [1.165, 1.54) is 23.3 Å². The highest BCUT2D eigenvalue weighted by Crippen LogP contribution is 2.45. The fourth-order valence-corrected chi connectivity index (χ4v) is 4.45. The highest BCUT2D eigenvalue weighted by atomic mass is 32.1. The van der Waals surface area contributed by atoms with Gasteiger partial charge in [0.25, 0.3) is 5.91 Å². The zero-order chi connectivity index (χ0) is 22.7. The number of aliphatic hydroxyl groups is 1. The molecule has 1 unspecified atom stereocenters. The standard InChI is InChI=1S/C25H23NO5S/c1-3-13-31-17-9-6-8-16(15-17)26-22(18-10-4-5-11-19(18)30-2)21(24(28)25(26)29)23(27)20-12-7-14-32-20/h4-12,14-15,22,28H,3,13H2,1-2H3. The van der Waals surface area contributed by atoms with Gasteiger partial charge in [-0.2, -0.15) is 0 Å². The van der Waals surface area contributed by atoms with Gasteiger partial charge >= 0.3 is 0 Å². The van der Waals surface area contributed by atoms with E-state index in [0.717, 1.165) is 6.42 Å². The Hall–Kier alpha value is -3.58. The van der Waals surface area contributed by atoms with Crippen LogP contribution >= 0.6 is 11.3 Å². The molecule has 1 aliphatic heterocycles. The SMILES string of the molecule is CCCOc1cccc(N2C(=O)C(O)=C(C(=O)c3cccs3)C2c2ccccc2OC)c1. The van der Waals surface area contributed by atoms with Crippen molar-refractivity contribution in [2.24, 2.45) is 0 Å². The van der Waals surface area contributed by atoms with Crippen molar-refractivity contribution in [3.05, 3.63) is 87.8 Å². The second kappa shape index (κ2) is 9.28. The monoisotopic (exact) mass is 449 g/mol. The maximum atomic E-state index is 13.4. The van der Waals surface area contributed by atoms with Crippen molar-refractivity contribution in [3.8, 4) is 11.5 Å². The lowest BCUT2D eigenvalue weighted by atomic mass is 9.94. The van der Waals surface area contributed by atoms with Crippen LogP contribution in [-0.2, 0) is 4.79 Å². The number of carbonyl (C=O) groups is 2. The van der Waals surface area contributed by atoms with Gasteiger partial charge in [0, 0.05) is 17.3 Å². The summed E-state index contributed by atoms with van der Waals surface area (Å²) in [7, 11) is 1.53. The molecule has 1 atom stereocenters. The first-order valence-electron chi connectivity index (χ1n) is 10.3. The van der Waals surface area contributed by atoms with E-state index in [-0.39, 0.29) is 11.4 Å². The lowest BCUT2D eigenvalue weighted by molar-refractivity contribution is -0.117. The Morgan fingerprint density at radius 2 is 1.94 bits per heavy atom. The van der Waals surface area contributed by atoms with Crippen LogP contribution in [0.3, 0.4) is 0 Å². The van der Waals surface area contributed by atoms with Crippen molar-refractivity contribution in [1.82, 2.24) is 0 Å². The summed E-state index contributed by atoms with van der Waals surface area (Å²) in [6, 6.07) is 16.9. The molecule has 2 aromatic carbocycles. The first-order chi connectivity index (χ1) is 15.6. The molecule has 164 valence electrons. The van der Waals surface area contributed by atoms with Crippen molar-refractivity contribution in [2.75, 3.05) is 18.6 Å². The van der Waals surface area contributed by atoms with E-state index in [0.29, 0.717) is 34.2 Å². The van der Waals surface area contributed by atoms with Crippen molar-refractivity contribution >= 4 is 28.7 Å². The molecule has 1 aliphatic rings. The maximum absolute atomic E-state index is 13.4. The molecule has 0 saturated heterocycles. The third kappa shape index (κ3) is 3.87. The summed E-state index contributed by atoms with van der Waals surface area (Å²) in [4.78, 5) is 28.5. The smallest absolute Gasteiger partial charge is 0.294 e. The molecule has 1 N–H and O–H groups in total. The number of amides is 1. The van der Waals surface area contributed by atoms with E-state index in [4.69, 9.17) is 9.47 Å². The summed E-state index contributed by atoms with van der Waals surface area (Å²) in [5.74, 6) is -0.469. The van der Waals surface area contributed by atoms with Crippen LogP contribution in [-0.4, -0.2) is 30.5 Å². The van der Waals surface area contributed by atoms with Gasteiger partial charge in [-0.25, -0.2) is 0 Å². The Morgan fingerprint density at radius 3 is 2.66 bits per heavy atom. The van der Waals surface area contributed by atoms with E-state index < -0.39 is 17.7 Å². The first-order valence-corrected chi connectivity index (χ1v) is 11.2. The zero-order valence-electron chi connectivity index (χ0n) is 17.8. The number of hydrogen-bond acceptors (Lipinski definition) is 6. The number of hydrogen-bond donors (Lipinski definition) is 1. The lowest BCUT2D eigenvalue weighted by Crippen LogP contribution is -2.31. The highest BCUT2D eigenvalue weighted by molar-refractivity contribution is 7.12. The van der Waals surface area contributed by atoms with Crippen LogP contribution in [0.25, 0.3) is 0 Å². The molecule has 0 fully saturated rings. The number of benzene rings is 2. The Labute approximate surface area is 190 Å². The minimum Gasteiger partial charge on any atom is -0.503 e. The van der Waals surface area contributed by atoms with Crippen molar-refractivity contribution in [2.45, 2.75) is 19.4 Å². The predicted octanol–water partition coefficient (Wildman–Crippen LogP) is 5.33. The molecule has 0 spiro atoms. The Balaban J connectivity index is 1.87. The third-order valence-corrected chi connectivity index (χ3v) is 6.07. The molecular weight excluding hydrogens is 426 g/mol. The van der Waals surface area contributed by atoms with Crippen LogP contribution in [0.15, 0.2) is 77.4 Å². The van der Waals surface area contributed by atoms with E-state index in [1.54, 1.807) is 47.8 Å². The highest BCUT2D eigenvalue weighted by Gasteiger charge is 2.45. The second-order valence-electron chi connectivity index (χ2n) is 7.23. The van der Waals surface area contributed by atoms with Crippen molar-refractivity contribution in [3.63, 3.8) is 0 Å². The molecule has 0 bridgehead atoms. The number of methoxy groups -OCH3 is 1. The molecule has 0 aliphatic carbocycles. The molecule has 4 rings (SSSR count). The van der Waals surface area contributed by atoms with Crippen LogP contribution in [0.5, 0.6) is 11.5 Å². The van der Waals surface area contributed by atoms with E-state index >= 15 is 0 Å². The number of thiophene rings is 1. The van der Waals surface area contributed by atoms with E-state index in [1.807, 2.05) is 25.1 Å². The average Bonchev–Trinajstić information content (AvgIpc) is 3.45. The number of nitrogens with zero attached hydrogens (tertiary/aromatic N) is 1. The predicted molar refractivity (Wildman–Crippen MR) is 124 cm³/mol. The first kappa shape index (κ1) is 21.6. The van der Waals surface area contributed by atoms with Gasteiger partial charge in [-0.1, -0.05) is 37.3 Å². The summed E-state index contributed by atoms with van der Waals surface area (Å²) in [6.45, 7) is 2.55. The van der Waals surface area contributed by atoms with Crippen LogP contribution in [0.1, 0.15) is 34.6 Å². The van der Waals surface area contributed by atoms with Gasteiger partial charge < -0.3 is 14.6 Å². The molecule has 0 saturated carbocycles. The number of ketones is 1. The minimum atomic E-state index is -0.852. The number of carbonyl (C=O) groups excluding carboxylic acids is 2. The zero-order valence-corrected chi connectivity index (χ0v) is 18.6. The van der Waals surface area contributed by atoms with Gasteiger partial charge in [0.15, 0.2) is 5.76 Å². The second-order valence-corrected chi connectivity index (χ2v) is 8.18. The number of anilines is 1. The number of aliphatic hydroxyl groups excluding tert-OH is 1. The Bertz CT molecular complexity index is 1170. The van der Waals surface area contributed by atoms with Gasteiger partial charge in [-0.15, -0.1) is 11.3 Å². The molecule has 3 aromatic rings. The molecule has 0 radical (unpaired) electrons. The van der Waals surface area contributed by atoms with E-state index in [2.05, 4.69) is 0 Å². The Morgan fingerprint density at radius 1 is 1.12 bits per heavy atom. The van der Waals surface area contributed by atoms with Gasteiger partial charge in [0.05, 0.1) is 30.2 Å². The van der Waals surface area contributed by atoms with Crippen molar-refractivity contribution < 1.29 is 24.2 Å². The summed E-state index contributed by atoms with van der Waals surface area (Å²) in [5.41, 5.74) is 1.15. The summed E-state index contributed by atoms with van der Waals surface area (Å²) in [6.07, 6.45) is 0.846. The van der Waals surface area contributed by atoms with Crippen LogP contribution in [0.2, 0.25) is 0 Å². The van der Waals surface area contributed by atoms with Crippen LogP contribution in [0.4, 0.5) is 5.69 Å². The minimum absolute atomic E-state index is 0.0295. The van der Waals surface area contributed by atoms with Gasteiger partial charge in [-0.05, 0) is 36.1 Å². The number of para-hydroxylation sites is 1. The number of rotatable bonds is 8. The number of ether oxygens (including phenoxy) is 2. The molecule has 32 heavy (non-hydrogen) atoms. The molecular formula is C25H23NO5S. The quantitative estimate of drug-likeness (QED) is 0.471. The normalized spacial score (nSPS) is 15.9. The van der Waals surface area contributed by atoms with Gasteiger partial charge in [0.1, 0.15) is 11.5 Å². The van der Waals surface area contributed by atoms with Crippen molar-refractivity contribution in [1.29, 1.82) is 0 Å². The summed E-state index contributed by atoms with van der Waals surface area (Å²) in [5, 5.41) is 12.6. The van der Waals surface area contributed by atoms with Crippen LogP contribution in [0, 0.1) is 0 Å². The van der Waals surface area contributed by atoms with E-state index in [9.17, 15) is 14.7 Å². The van der Waals surface area contributed by atoms with Gasteiger partial charge in [0.2, 0.25) is 5.78 Å². The topological polar surface area (TPSA) is 76.1 Å². The fraction of sp³-hybridized carbons (Fsp3) is 0.200. The lowest BCUT2D eigenvalue weighted by Gasteiger charge is -2.28. The van der Waals surface area contributed by atoms with Crippen LogP contribution < -0.4 is 14.4 Å². The Kier molecular flexibility index (Phi) is 6.28. The molecule has 2 heterocycles. The molecule has 7 heteroatoms. The summed E-state index contributed by atoms with van der Waals surface area (Å²) >= 11 is 1.26. The molecule has 6 nitrogen and oxygen atoms in total. The third-order valence-electron chi connectivity index (χ3n) is 5.20. The molecule has 1 aromatic heterocycles. The average molecular weight is 450 g/mol. The maximum Gasteiger partial charge on any atom is 0.294 e. The van der Waals surface area contributed by atoms with Gasteiger partial charge in [-0.3, -0.25) is 14.5 Å². The fourth-order valence-electron chi connectivity index (χ4n) is 3.77. The number of Topliss-reactive ketones (excluding diaryl/α,β-unsaturated/α-hetero) is 1. The largest absolute Gasteiger partial charge is 0.503 e. The summed E-state index contributed by atoms with van der Waals surface area (Å²) < 4.78 is 11.3. The molecule has 1 amide bonds.